The zero-order chi connectivity index (χ0) is 24.8. The average molecular weight is 477 g/mol. The van der Waals surface area contributed by atoms with Gasteiger partial charge in [-0.2, -0.15) is 0 Å². The molecular formula is C26H23NO8. The van der Waals surface area contributed by atoms with Gasteiger partial charge in [-0.3, -0.25) is 9.59 Å². The molecule has 2 heterocycles. The lowest BCUT2D eigenvalue weighted by atomic mass is 9.81. The van der Waals surface area contributed by atoms with Crippen molar-refractivity contribution in [1.82, 2.24) is 4.98 Å². The summed E-state index contributed by atoms with van der Waals surface area (Å²) < 4.78 is 11.6. The van der Waals surface area contributed by atoms with Gasteiger partial charge in [0.2, 0.25) is 5.43 Å². The van der Waals surface area contributed by atoms with E-state index in [2.05, 4.69) is 4.98 Å². The highest BCUT2D eigenvalue weighted by Crippen LogP contribution is 2.53. The van der Waals surface area contributed by atoms with Gasteiger partial charge in [0.05, 0.1) is 24.2 Å². The minimum atomic E-state index is -1.15. The lowest BCUT2D eigenvalue weighted by molar-refractivity contribution is 0.0713. The van der Waals surface area contributed by atoms with Gasteiger partial charge in [-0.25, -0.2) is 0 Å². The molecule has 5 N–H and O–H groups in total. The van der Waals surface area contributed by atoms with Crippen LogP contribution in [0.15, 0.2) is 26.1 Å². The second-order valence-corrected chi connectivity index (χ2v) is 9.26. The molecule has 0 unspecified atom stereocenters. The Morgan fingerprint density at radius 1 is 1.00 bits per heavy atom. The maximum absolute atomic E-state index is 13.5. The van der Waals surface area contributed by atoms with Crippen LogP contribution in [0.4, 0.5) is 0 Å². The van der Waals surface area contributed by atoms with E-state index in [9.17, 15) is 30.0 Å². The summed E-state index contributed by atoms with van der Waals surface area (Å²) in [4.78, 5) is 28.9. The number of H-pyrrole nitrogens is 1. The summed E-state index contributed by atoms with van der Waals surface area (Å²) in [6.45, 7) is 1.75. The normalized spacial score (nSPS) is 18.9. The number of fused-ring (bicyclic) bond motifs is 6. The SMILES string of the molecule is COc1c2c(c(O)c3c(=O)c4c(oc13)[C@H](O)CC[C@@H]4O)-c1c(cc3cc(C)[nH]c(=O)c3c1O)CC2. The van der Waals surface area contributed by atoms with E-state index in [1.165, 1.54) is 7.11 Å². The van der Waals surface area contributed by atoms with Gasteiger partial charge in [-0.15, -0.1) is 0 Å². The van der Waals surface area contributed by atoms with Crippen LogP contribution in [-0.2, 0) is 12.8 Å². The van der Waals surface area contributed by atoms with E-state index in [1.807, 2.05) is 0 Å². The van der Waals surface area contributed by atoms with Crippen LogP contribution in [0.25, 0.3) is 32.9 Å². The number of aromatic nitrogens is 1. The number of aromatic amines is 1. The Kier molecular flexibility index (Phi) is 4.55. The van der Waals surface area contributed by atoms with Crippen molar-refractivity contribution < 1.29 is 29.6 Å². The van der Waals surface area contributed by atoms with Crippen molar-refractivity contribution in [2.75, 3.05) is 7.11 Å². The molecule has 2 aliphatic rings. The first-order valence-electron chi connectivity index (χ1n) is 11.4. The van der Waals surface area contributed by atoms with E-state index in [0.717, 1.165) is 0 Å². The van der Waals surface area contributed by atoms with Crippen LogP contribution in [0.1, 0.15) is 53.2 Å². The Hall–Kier alpha value is -3.82. The topological polar surface area (TPSA) is 153 Å². The summed E-state index contributed by atoms with van der Waals surface area (Å²) >= 11 is 0. The van der Waals surface area contributed by atoms with Gasteiger partial charge in [0, 0.05) is 22.4 Å². The van der Waals surface area contributed by atoms with Crippen molar-refractivity contribution in [2.45, 2.75) is 44.8 Å². The number of phenolic OH excluding ortho intramolecular Hbond substituents is 2. The molecule has 9 heteroatoms. The second-order valence-electron chi connectivity index (χ2n) is 9.26. The number of hydrogen-bond acceptors (Lipinski definition) is 8. The number of pyridine rings is 1. The quantitative estimate of drug-likeness (QED) is 0.280. The summed E-state index contributed by atoms with van der Waals surface area (Å²) in [5.74, 6) is -0.568. The number of phenols is 2. The third-order valence-electron chi connectivity index (χ3n) is 7.20. The molecule has 0 amide bonds. The van der Waals surface area contributed by atoms with E-state index in [0.29, 0.717) is 35.0 Å². The number of methoxy groups -OCH3 is 1. The van der Waals surface area contributed by atoms with Gasteiger partial charge < -0.3 is 34.6 Å². The molecule has 0 fully saturated rings. The lowest BCUT2D eigenvalue weighted by Gasteiger charge is -2.28. The number of nitrogens with one attached hydrogen (secondary N) is 1. The summed E-state index contributed by atoms with van der Waals surface area (Å²) in [5.41, 5.74) is 1.04. The van der Waals surface area contributed by atoms with Crippen LogP contribution in [0.2, 0.25) is 0 Å². The molecule has 2 aliphatic carbocycles. The molecular weight excluding hydrogens is 454 g/mol. The number of aromatic hydroxyl groups is 2. The third kappa shape index (κ3) is 2.82. The Labute approximate surface area is 197 Å². The Bertz CT molecular complexity index is 1700. The standard InChI is InChI=1S/C26H23NO8/c1-9-7-11-8-10-3-4-12-17(15(10)20(30)16(11)26(33)27-9)21(31)19-22(32)18-13(28)5-6-14(29)24(18)35-25(19)23(12)34-2/h7-8,13-14,28-31H,3-6H2,1-2H3,(H,27,33)/t13-,14+/m0/s1. The van der Waals surface area contributed by atoms with Crippen LogP contribution in [0.3, 0.4) is 0 Å². The van der Waals surface area contributed by atoms with Crippen LogP contribution >= 0.6 is 0 Å². The number of rotatable bonds is 1. The van der Waals surface area contributed by atoms with E-state index in [4.69, 9.17) is 9.15 Å². The van der Waals surface area contributed by atoms with E-state index < -0.39 is 28.9 Å². The highest BCUT2D eigenvalue weighted by Gasteiger charge is 2.36. The highest BCUT2D eigenvalue weighted by molar-refractivity contribution is 6.04. The van der Waals surface area contributed by atoms with Gasteiger partial charge in [0.25, 0.3) is 5.56 Å². The van der Waals surface area contributed by atoms with Crippen LogP contribution < -0.4 is 15.7 Å². The molecule has 4 aromatic rings. The van der Waals surface area contributed by atoms with Crippen molar-refractivity contribution >= 4 is 21.7 Å². The molecule has 2 aromatic carbocycles. The van der Waals surface area contributed by atoms with Crippen molar-refractivity contribution in [3.8, 4) is 28.4 Å². The predicted octanol–water partition coefficient (Wildman–Crippen LogP) is 2.99. The van der Waals surface area contributed by atoms with Gasteiger partial charge in [0.1, 0.15) is 28.7 Å². The van der Waals surface area contributed by atoms with Crippen molar-refractivity contribution in [2.24, 2.45) is 0 Å². The predicted molar refractivity (Wildman–Crippen MR) is 127 cm³/mol. The Morgan fingerprint density at radius 3 is 2.46 bits per heavy atom. The fourth-order valence-electron chi connectivity index (χ4n) is 5.68. The minimum Gasteiger partial charge on any atom is -0.506 e. The minimum absolute atomic E-state index is 0.0298. The highest BCUT2D eigenvalue weighted by atomic mass is 16.5. The molecule has 0 saturated heterocycles. The van der Waals surface area contributed by atoms with Gasteiger partial charge in [-0.1, -0.05) is 0 Å². The number of hydrogen-bond donors (Lipinski definition) is 5. The average Bonchev–Trinajstić information content (AvgIpc) is 2.80. The molecule has 0 aliphatic heterocycles. The molecule has 0 saturated carbocycles. The number of aryl methyl sites for hydroxylation is 2. The van der Waals surface area contributed by atoms with Crippen molar-refractivity contribution in [1.29, 1.82) is 0 Å². The maximum atomic E-state index is 13.5. The summed E-state index contributed by atoms with van der Waals surface area (Å²) in [6.07, 6.45) is -0.930. The Morgan fingerprint density at radius 2 is 1.71 bits per heavy atom. The number of aliphatic hydroxyl groups excluding tert-OH is 2. The molecule has 0 bridgehead atoms. The molecule has 0 radical (unpaired) electrons. The Balaban J connectivity index is 1.79. The molecule has 0 spiro atoms. The first-order valence-corrected chi connectivity index (χ1v) is 11.4. The smallest absolute Gasteiger partial charge is 0.259 e. The summed E-state index contributed by atoms with van der Waals surface area (Å²) in [7, 11) is 1.40. The van der Waals surface area contributed by atoms with Crippen LogP contribution in [-0.4, -0.2) is 32.5 Å². The fourth-order valence-corrected chi connectivity index (χ4v) is 5.68. The third-order valence-corrected chi connectivity index (χ3v) is 7.20. The molecule has 2 aromatic heterocycles. The lowest BCUT2D eigenvalue weighted by Crippen LogP contribution is -2.24. The van der Waals surface area contributed by atoms with Crippen LogP contribution in [0.5, 0.6) is 17.2 Å². The van der Waals surface area contributed by atoms with E-state index in [-0.39, 0.29) is 63.1 Å². The maximum Gasteiger partial charge on any atom is 0.259 e. The monoisotopic (exact) mass is 477 g/mol. The summed E-state index contributed by atoms with van der Waals surface area (Å²) in [5, 5.41) is 44.1. The second kappa shape index (κ2) is 7.34. The van der Waals surface area contributed by atoms with Crippen molar-refractivity contribution in [3.05, 3.63) is 60.9 Å². The molecule has 2 atom stereocenters. The number of aliphatic hydroxyl groups is 2. The molecule has 35 heavy (non-hydrogen) atoms. The first-order chi connectivity index (χ1) is 16.7. The fraction of sp³-hybridized carbons (Fsp3) is 0.308. The number of benzene rings is 2. The van der Waals surface area contributed by atoms with Gasteiger partial charge >= 0.3 is 0 Å². The summed E-state index contributed by atoms with van der Waals surface area (Å²) in [6, 6.07) is 3.57. The zero-order valence-electron chi connectivity index (χ0n) is 19.1. The van der Waals surface area contributed by atoms with Gasteiger partial charge in [0.15, 0.2) is 11.3 Å². The number of ether oxygens (including phenoxy) is 1. The molecule has 180 valence electrons. The van der Waals surface area contributed by atoms with Crippen molar-refractivity contribution in [3.63, 3.8) is 0 Å². The zero-order valence-corrected chi connectivity index (χ0v) is 19.1. The van der Waals surface area contributed by atoms with E-state index in [1.54, 1.807) is 19.1 Å². The molecule has 9 nitrogen and oxygen atoms in total. The molecule has 6 rings (SSSR count). The largest absolute Gasteiger partial charge is 0.506 e. The van der Waals surface area contributed by atoms with Crippen LogP contribution in [0, 0.1) is 6.92 Å². The van der Waals surface area contributed by atoms with E-state index >= 15 is 0 Å². The van der Waals surface area contributed by atoms with Gasteiger partial charge in [-0.05, 0) is 55.7 Å². The first kappa shape index (κ1) is 21.7.